The molecular weight excluding hydrogens is 194 g/mol. The SMILES string of the molecule is Cc1c(N)c(C(=O)OC(C)(C)C)nn1C. The van der Waals surface area contributed by atoms with Crippen molar-refractivity contribution in [2.75, 3.05) is 5.73 Å². The monoisotopic (exact) mass is 211 g/mol. The Hall–Kier alpha value is -1.52. The maximum atomic E-state index is 11.7. The summed E-state index contributed by atoms with van der Waals surface area (Å²) in [6.45, 7) is 7.21. The molecule has 84 valence electrons. The molecule has 1 aromatic heterocycles. The number of hydrogen-bond donors (Lipinski definition) is 1. The first kappa shape index (κ1) is 11.6. The van der Waals surface area contributed by atoms with Gasteiger partial charge in [0.05, 0.1) is 11.4 Å². The van der Waals surface area contributed by atoms with Gasteiger partial charge < -0.3 is 10.5 Å². The predicted molar refractivity (Wildman–Crippen MR) is 57.5 cm³/mol. The third-order valence-electron chi connectivity index (χ3n) is 1.97. The fraction of sp³-hybridized carbons (Fsp3) is 0.600. The summed E-state index contributed by atoms with van der Waals surface area (Å²) in [4.78, 5) is 11.7. The standard InChI is InChI=1S/C10H17N3O2/c1-6-7(11)8(12-13(6)5)9(14)15-10(2,3)4/h11H2,1-5H3. The van der Waals surface area contributed by atoms with Gasteiger partial charge in [0.1, 0.15) is 5.60 Å². The van der Waals surface area contributed by atoms with E-state index in [1.807, 2.05) is 0 Å². The highest BCUT2D eigenvalue weighted by Crippen LogP contribution is 2.18. The molecule has 1 aromatic rings. The number of nitrogen functional groups attached to an aromatic ring is 1. The number of ether oxygens (including phenoxy) is 1. The van der Waals surface area contributed by atoms with Crippen LogP contribution in [-0.2, 0) is 11.8 Å². The zero-order chi connectivity index (χ0) is 11.8. The third-order valence-corrected chi connectivity index (χ3v) is 1.97. The summed E-state index contributed by atoms with van der Waals surface area (Å²) < 4.78 is 6.74. The molecule has 5 nitrogen and oxygen atoms in total. The van der Waals surface area contributed by atoms with Crippen LogP contribution < -0.4 is 5.73 Å². The van der Waals surface area contributed by atoms with Crippen LogP contribution in [0.3, 0.4) is 0 Å². The lowest BCUT2D eigenvalue weighted by atomic mass is 10.2. The molecule has 0 aromatic carbocycles. The number of rotatable bonds is 1. The van der Waals surface area contributed by atoms with Crippen molar-refractivity contribution in [3.8, 4) is 0 Å². The van der Waals surface area contributed by atoms with Gasteiger partial charge in [-0.15, -0.1) is 0 Å². The number of carbonyl (C=O) groups is 1. The quantitative estimate of drug-likeness (QED) is 0.710. The summed E-state index contributed by atoms with van der Waals surface area (Å²) >= 11 is 0. The van der Waals surface area contributed by atoms with Crippen LogP contribution >= 0.6 is 0 Å². The fourth-order valence-electron chi connectivity index (χ4n) is 1.10. The minimum atomic E-state index is -0.533. The summed E-state index contributed by atoms with van der Waals surface area (Å²) in [6, 6.07) is 0. The van der Waals surface area contributed by atoms with Crippen LogP contribution in [0.1, 0.15) is 37.0 Å². The highest BCUT2D eigenvalue weighted by atomic mass is 16.6. The van der Waals surface area contributed by atoms with Crippen LogP contribution in [0.5, 0.6) is 0 Å². The molecule has 0 radical (unpaired) electrons. The van der Waals surface area contributed by atoms with Crippen molar-refractivity contribution in [2.45, 2.75) is 33.3 Å². The van der Waals surface area contributed by atoms with Crippen LogP contribution in [0.2, 0.25) is 0 Å². The van der Waals surface area contributed by atoms with Crippen molar-refractivity contribution in [3.63, 3.8) is 0 Å². The molecule has 2 N–H and O–H groups in total. The van der Waals surface area contributed by atoms with E-state index in [1.54, 1.807) is 39.4 Å². The van der Waals surface area contributed by atoms with Gasteiger partial charge in [0, 0.05) is 7.05 Å². The highest BCUT2D eigenvalue weighted by Gasteiger charge is 2.23. The molecule has 0 saturated heterocycles. The highest BCUT2D eigenvalue weighted by molar-refractivity contribution is 5.93. The third kappa shape index (κ3) is 2.49. The molecule has 0 aliphatic rings. The zero-order valence-electron chi connectivity index (χ0n) is 9.79. The van der Waals surface area contributed by atoms with Crippen molar-refractivity contribution < 1.29 is 9.53 Å². The number of nitrogens with zero attached hydrogens (tertiary/aromatic N) is 2. The summed E-state index contributed by atoms with van der Waals surface area (Å²) in [6.07, 6.45) is 0. The van der Waals surface area contributed by atoms with Gasteiger partial charge in [-0.25, -0.2) is 4.79 Å². The summed E-state index contributed by atoms with van der Waals surface area (Å²) in [5.74, 6) is -0.483. The maximum Gasteiger partial charge on any atom is 0.361 e. The van der Waals surface area contributed by atoms with Gasteiger partial charge >= 0.3 is 5.97 Å². The van der Waals surface area contributed by atoms with E-state index in [0.29, 0.717) is 5.69 Å². The fourth-order valence-corrected chi connectivity index (χ4v) is 1.10. The Bertz CT molecular complexity index is 388. The van der Waals surface area contributed by atoms with Gasteiger partial charge in [0.2, 0.25) is 0 Å². The Kier molecular flexibility index (Phi) is 2.75. The van der Waals surface area contributed by atoms with E-state index in [1.165, 1.54) is 0 Å². The van der Waals surface area contributed by atoms with Crippen LogP contribution in [-0.4, -0.2) is 21.4 Å². The van der Waals surface area contributed by atoms with Crippen molar-refractivity contribution in [3.05, 3.63) is 11.4 Å². The van der Waals surface area contributed by atoms with E-state index in [0.717, 1.165) is 5.69 Å². The minimum Gasteiger partial charge on any atom is -0.455 e. The lowest BCUT2D eigenvalue weighted by molar-refractivity contribution is 0.00633. The van der Waals surface area contributed by atoms with Crippen LogP contribution in [0.4, 0.5) is 5.69 Å². The van der Waals surface area contributed by atoms with Gasteiger partial charge in [0.25, 0.3) is 0 Å². The molecule has 5 heteroatoms. The average molecular weight is 211 g/mol. The minimum absolute atomic E-state index is 0.185. The summed E-state index contributed by atoms with van der Waals surface area (Å²) in [5, 5.41) is 4.01. The molecule has 1 heterocycles. The molecule has 0 spiro atoms. The number of aryl methyl sites for hydroxylation is 1. The molecule has 0 atom stereocenters. The summed E-state index contributed by atoms with van der Waals surface area (Å²) in [5.41, 5.74) is 6.53. The van der Waals surface area contributed by atoms with Gasteiger partial charge in [-0.1, -0.05) is 0 Å². The molecular formula is C10H17N3O2. The first-order chi connectivity index (χ1) is 6.72. The molecule has 0 unspecified atom stereocenters. The first-order valence-corrected chi connectivity index (χ1v) is 4.75. The molecule has 1 rings (SSSR count). The normalized spacial score (nSPS) is 11.5. The van der Waals surface area contributed by atoms with Crippen molar-refractivity contribution in [1.29, 1.82) is 0 Å². The second kappa shape index (κ2) is 3.56. The number of anilines is 1. The Balaban J connectivity index is 2.98. The molecule has 0 saturated carbocycles. The molecule has 15 heavy (non-hydrogen) atoms. The van der Waals surface area contributed by atoms with Crippen LogP contribution in [0.15, 0.2) is 0 Å². The van der Waals surface area contributed by atoms with Crippen molar-refractivity contribution >= 4 is 11.7 Å². The molecule has 0 fully saturated rings. The van der Waals surface area contributed by atoms with Gasteiger partial charge in [0.15, 0.2) is 5.69 Å². The second-order valence-electron chi connectivity index (χ2n) is 4.47. The summed E-state index contributed by atoms with van der Waals surface area (Å²) in [7, 11) is 1.74. The van der Waals surface area contributed by atoms with E-state index in [9.17, 15) is 4.79 Å². The Morgan fingerprint density at radius 3 is 2.33 bits per heavy atom. The lowest BCUT2D eigenvalue weighted by Crippen LogP contribution is -2.24. The van der Waals surface area contributed by atoms with E-state index in [4.69, 9.17) is 10.5 Å². The number of carbonyl (C=O) groups excluding carboxylic acids is 1. The molecule has 0 aliphatic carbocycles. The molecule has 0 amide bonds. The van der Waals surface area contributed by atoms with Crippen molar-refractivity contribution in [1.82, 2.24) is 9.78 Å². The van der Waals surface area contributed by atoms with Gasteiger partial charge in [-0.2, -0.15) is 5.10 Å². The average Bonchev–Trinajstić information content (AvgIpc) is 2.30. The van der Waals surface area contributed by atoms with Gasteiger partial charge in [-0.3, -0.25) is 4.68 Å². The van der Waals surface area contributed by atoms with Gasteiger partial charge in [-0.05, 0) is 27.7 Å². The first-order valence-electron chi connectivity index (χ1n) is 4.75. The molecule has 0 aliphatic heterocycles. The molecule has 0 bridgehead atoms. The topological polar surface area (TPSA) is 70.1 Å². The number of aromatic nitrogens is 2. The largest absolute Gasteiger partial charge is 0.455 e. The predicted octanol–water partition coefficient (Wildman–Crippen LogP) is 1.27. The Labute approximate surface area is 89.2 Å². The van der Waals surface area contributed by atoms with E-state index >= 15 is 0 Å². The van der Waals surface area contributed by atoms with E-state index < -0.39 is 11.6 Å². The number of esters is 1. The van der Waals surface area contributed by atoms with E-state index in [-0.39, 0.29) is 5.69 Å². The Morgan fingerprint density at radius 2 is 2.00 bits per heavy atom. The van der Waals surface area contributed by atoms with Crippen LogP contribution in [0, 0.1) is 6.92 Å². The van der Waals surface area contributed by atoms with Crippen LogP contribution in [0.25, 0.3) is 0 Å². The van der Waals surface area contributed by atoms with E-state index in [2.05, 4.69) is 5.10 Å². The second-order valence-corrected chi connectivity index (χ2v) is 4.47. The van der Waals surface area contributed by atoms with Crippen molar-refractivity contribution in [2.24, 2.45) is 7.05 Å². The maximum absolute atomic E-state index is 11.7. The smallest absolute Gasteiger partial charge is 0.361 e. The number of hydrogen-bond acceptors (Lipinski definition) is 4. The zero-order valence-corrected chi connectivity index (χ0v) is 9.79. The Morgan fingerprint density at radius 1 is 1.47 bits per heavy atom. The lowest BCUT2D eigenvalue weighted by Gasteiger charge is -2.18. The number of nitrogens with two attached hydrogens (primary N) is 1.